The molecule has 1 unspecified atom stereocenters. The Bertz CT molecular complexity index is 590. The minimum absolute atomic E-state index is 0.0799. The molecule has 0 saturated carbocycles. The zero-order valence-electron chi connectivity index (χ0n) is 10.9. The molecule has 5 heteroatoms. The summed E-state index contributed by atoms with van der Waals surface area (Å²) in [7, 11) is 1.70. The van der Waals surface area contributed by atoms with Crippen molar-refractivity contribution < 1.29 is 8.78 Å². The van der Waals surface area contributed by atoms with Crippen LogP contribution in [0.5, 0.6) is 0 Å². The first-order chi connectivity index (χ1) is 8.95. The number of nitrogens with one attached hydrogen (secondary N) is 1. The van der Waals surface area contributed by atoms with Gasteiger partial charge >= 0.3 is 0 Å². The van der Waals surface area contributed by atoms with Crippen LogP contribution >= 0.6 is 27.3 Å². The minimum atomic E-state index is -0.523. The van der Waals surface area contributed by atoms with E-state index in [0.29, 0.717) is 5.56 Å². The van der Waals surface area contributed by atoms with Crippen LogP contribution in [0.4, 0.5) is 8.78 Å². The second-order valence-electron chi connectivity index (χ2n) is 4.37. The Morgan fingerprint density at radius 2 is 1.95 bits per heavy atom. The predicted octanol–water partition coefficient (Wildman–Crippen LogP) is 4.71. The molecule has 1 atom stereocenters. The molecule has 1 nitrogen and oxygen atoms in total. The first-order valence-corrected chi connectivity index (χ1v) is 7.44. The fourth-order valence-corrected chi connectivity index (χ4v) is 3.68. The minimum Gasteiger partial charge on any atom is -0.308 e. The number of thiophene rings is 1. The van der Waals surface area contributed by atoms with E-state index in [1.165, 1.54) is 23.5 Å². The van der Waals surface area contributed by atoms with E-state index >= 15 is 0 Å². The van der Waals surface area contributed by atoms with Crippen molar-refractivity contribution in [1.29, 1.82) is 0 Å². The van der Waals surface area contributed by atoms with E-state index in [0.717, 1.165) is 14.2 Å². The van der Waals surface area contributed by atoms with E-state index in [-0.39, 0.29) is 5.56 Å². The van der Waals surface area contributed by atoms with Crippen molar-refractivity contribution in [3.8, 4) is 0 Å². The molecule has 1 aromatic heterocycles. The zero-order chi connectivity index (χ0) is 14.2. The van der Waals surface area contributed by atoms with Gasteiger partial charge in [0.1, 0.15) is 11.6 Å². The Hall–Kier alpha value is -0.780. The zero-order valence-corrected chi connectivity index (χ0v) is 13.3. The topological polar surface area (TPSA) is 12.0 Å². The van der Waals surface area contributed by atoms with E-state index in [9.17, 15) is 8.78 Å². The molecule has 2 aromatic rings. The molecule has 102 valence electrons. The van der Waals surface area contributed by atoms with Crippen LogP contribution in [0.15, 0.2) is 22.7 Å². The average Bonchev–Trinajstić information content (AvgIpc) is 2.70. The molecule has 1 heterocycles. The number of hydrogen-bond acceptors (Lipinski definition) is 2. The maximum atomic E-state index is 14.2. The number of benzene rings is 1. The normalized spacial score (nSPS) is 12.7. The van der Waals surface area contributed by atoms with E-state index in [4.69, 9.17) is 0 Å². The number of hydrogen-bond donors (Lipinski definition) is 1. The van der Waals surface area contributed by atoms with Gasteiger partial charge in [-0.05, 0) is 54.5 Å². The molecule has 0 saturated heterocycles. The highest BCUT2D eigenvalue weighted by atomic mass is 79.9. The van der Waals surface area contributed by atoms with Crippen molar-refractivity contribution in [3.63, 3.8) is 0 Å². The third-order valence-electron chi connectivity index (χ3n) is 3.06. The molecule has 1 N–H and O–H groups in total. The summed E-state index contributed by atoms with van der Waals surface area (Å²) in [5.41, 5.74) is 0.528. The Balaban J connectivity index is 2.57. The number of aryl methyl sites for hydroxylation is 2. The first-order valence-electron chi connectivity index (χ1n) is 5.83. The van der Waals surface area contributed by atoms with Crippen LogP contribution in [-0.4, -0.2) is 7.05 Å². The fourth-order valence-electron chi connectivity index (χ4n) is 2.00. The maximum Gasteiger partial charge on any atom is 0.134 e. The summed E-state index contributed by atoms with van der Waals surface area (Å²) in [6.07, 6.45) is 0. The lowest BCUT2D eigenvalue weighted by molar-refractivity contribution is 0.520. The lowest BCUT2D eigenvalue weighted by Gasteiger charge is -2.17. The Labute approximate surface area is 123 Å². The molecule has 19 heavy (non-hydrogen) atoms. The van der Waals surface area contributed by atoms with Gasteiger partial charge in [0, 0.05) is 19.8 Å². The van der Waals surface area contributed by atoms with Crippen molar-refractivity contribution in [1.82, 2.24) is 5.32 Å². The SMILES string of the molecule is CNC(c1cc(Br)c(C)s1)c1c(F)ccc(C)c1F. The molecule has 0 amide bonds. The van der Waals surface area contributed by atoms with Gasteiger partial charge in [-0.1, -0.05) is 6.07 Å². The molecule has 0 spiro atoms. The largest absolute Gasteiger partial charge is 0.308 e. The third-order valence-corrected chi connectivity index (χ3v) is 5.26. The molecular weight excluding hydrogens is 332 g/mol. The molecule has 0 radical (unpaired) electrons. The molecule has 0 aliphatic carbocycles. The molecule has 1 aromatic carbocycles. The summed E-state index contributed by atoms with van der Waals surface area (Å²) in [4.78, 5) is 1.97. The van der Waals surface area contributed by atoms with Gasteiger partial charge in [-0.15, -0.1) is 11.3 Å². The van der Waals surface area contributed by atoms with E-state index in [1.807, 2.05) is 13.0 Å². The Morgan fingerprint density at radius 1 is 1.26 bits per heavy atom. The van der Waals surface area contributed by atoms with Gasteiger partial charge in [-0.25, -0.2) is 8.78 Å². The van der Waals surface area contributed by atoms with Crippen molar-refractivity contribution in [2.75, 3.05) is 7.05 Å². The Morgan fingerprint density at radius 3 is 2.47 bits per heavy atom. The van der Waals surface area contributed by atoms with Gasteiger partial charge in [-0.2, -0.15) is 0 Å². The highest BCUT2D eigenvalue weighted by Crippen LogP contribution is 2.35. The van der Waals surface area contributed by atoms with Crippen molar-refractivity contribution in [3.05, 3.63) is 55.2 Å². The van der Waals surface area contributed by atoms with Crippen molar-refractivity contribution in [2.45, 2.75) is 19.9 Å². The Kier molecular flexibility index (Phi) is 4.38. The smallest absolute Gasteiger partial charge is 0.134 e. The standard InChI is InChI=1S/C14H14BrF2NS/c1-7-4-5-10(16)12(13(7)17)14(18-3)11-6-9(15)8(2)19-11/h4-6,14,18H,1-3H3. The van der Waals surface area contributed by atoms with Gasteiger partial charge < -0.3 is 5.32 Å². The summed E-state index contributed by atoms with van der Waals surface area (Å²) in [5.74, 6) is -1.01. The maximum absolute atomic E-state index is 14.2. The van der Waals surface area contributed by atoms with Gasteiger partial charge in [0.15, 0.2) is 0 Å². The second kappa shape index (κ2) is 5.69. The van der Waals surface area contributed by atoms with Gasteiger partial charge in [0.2, 0.25) is 0 Å². The first kappa shape index (κ1) is 14.6. The van der Waals surface area contributed by atoms with Gasteiger partial charge in [-0.3, -0.25) is 0 Å². The molecule has 0 aliphatic heterocycles. The summed E-state index contributed by atoms with van der Waals surface area (Å²) in [5, 5.41) is 2.99. The molecule has 0 bridgehead atoms. The molecule has 0 aliphatic rings. The molecular formula is C14H14BrF2NS. The summed E-state index contributed by atoms with van der Waals surface area (Å²) in [6, 6.07) is 4.20. The summed E-state index contributed by atoms with van der Waals surface area (Å²) >= 11 is 4.96. The highest BCUT2D eigenvalue weighted by molar-refractivity contribution is 9.10. The van der Waals surface area contributed by atoms with Crippen LogP contribution in [0.3, 0.4) is 0 Å². The monoisotopic (exact) mass is 345 g/mol. The lowest BCUT2D eigenvalue weighted by atomic mass is 10.0. The van der Waals surface area contributed by atoms with Crippen LogP contribution < -0.4 is 5.32 Å². The van der Waals surface area contributed by atoms with Crippen LogP contribution in [0.1, 0.15) is 26.9 Å². The second-order valence-corrected chi connectivity index (χ2v) is 6.51. The summed E-state index contributed by atoms with van der Waals surface area (Å²) < 4.78 is 29.1. The van der Waals surface area contributed by atoms with Crippen LogP contribution in [0, 0.1) is 25.5 Å². The average molecular weight is 346 g/mol. The highest BCUT2D eigenvalue weighted by Gasteiger charge is 2.23. The molecule has 2 rings (SSSR count). The summed E-state index contributed by atoms with van der Waals surface area (Å²) in [6.45, 7) is 3.61. The van der Waals surface area contributed by atoms with Crippen LogP contribution in [0.2, 0.25) is 0 Å². The van der Waals surface area contributed by atoms with Crippen molar-refractivity contribution in [2.24, 2.45) is 0 Å². The fraction of sp³-hybridized carbons (Fsp3) is 0.286. The van der Waals surface area contributed by atoms with E-state index < -0.39 is 17.7 Å². The van der Waals surface area contributed by atoms with Gasteiger partial charge in [0.25, 0.3) is 0 Å². The number of rotatable bonds is 3. The quantitative estimate of drug-likeness (QED) is 0.848. The van der Waals surface area contributed by atoms with Gasteiger partial charge in [0.05, 0.1) is 6.04 Å². The van der Waals surface area contributed by atoms with E-state index in [1.54, 1.807) is 14.0 Å². The number of halogens is 3. The van der Waals surface area contributed by atoms with Crippen molar-refractivity contribution >= 4 is 27.3 Å². The molecule has 0 fully saturated rings. The van der Waals surface area contributed by atoms with Crippen LogP contribution in [0.25, 0.3) is 0 Å². The lowest BCUT2D eigenvalue weighted by Crippen LogP contribution is -2.20. The van der Waals surface area contributed by atoms with Crippen LogP contribution in [-0.2, 0) is 0 Å². The third kappa shape index (κ3) is 2.73. The predicted molar refractivity (Wildman–Crippen MR) is 78.8 cm³/mol. The van der Waals surface area contributed by atoms with E-state index in [2.05, 4.69) is 21.2 Å².